The summed E-state index contributed by atoms with van der Waals surface area (Å²) in [6.45, 7) is 0.146. The molecule has 0 spiro atoms. The third-order valence-electron chi connectivity index (χ3n) is 4.33. The number of nitrogens with one attached hydrogen (secondary N) is 3. The normalized spacial score (nSPS) is 10.1. The molecule has 158 valence electrons. The Hall–Kier alpha value is -4.13. The fraction of sp³-hybridized carbons (Fsp3) is 0.125. The number of carbonyl (C=O) groups excluding carboxylic acids is 3. The number of hydrogen-bond donors (Lipinski definition) is 3. The molecule has 3 N–H and O–H groups in total. The van der Waals surface area contributed by atoms with Crippen molar-refractivity contribution in [2.24, 2.45) is 0 Å². The molecule has 3 rings (SSSR count). The molecule has 7 heteroatoms. The van der Waals surface area contributed by atoms with Gasteiger partial charge < -0.3 is 10.1 Å². The van der Waals surface area contributed by atoms with Gasteiger partial charge >= 0.3 is 0 Å². The lowest BCUT2D eigenvalue weighted by molar-refractivity contribution is -0.126. The minimum atomic E-state index is -0.525. The van der Waals surface area contributed by atoms with E-state index in [4.69, 9.17) is 4.74 Å². The predicted molar refractivity (Wildman–Crippen MR) is 116 cm³/mol. The highest BCUT2D eigenvalue weighted by Gasteiger charge is 2.09. The minimum absolute atomic E-state index is 0.181. The highest BCUT2D eigenvalue weighted by molar-refractivity contribution is 5.95. The summed E-state index contributed by atoms with van der Waals surface area (Å²) >= 11 is 0. The van der Waals surface area contributed by atoms with Crippen LogP contribution in [-0.2, 0) is 22.6 Å². The summed E-state index contributed by atoms with van der Waals surface area (Å²) in [5, 5.41) is 2.51. The molecule has 3 amide bonds. The zero-order valence-corrected chi connectivity index (χ0v) is 16.8. The third kappa shape index (κ3) is 7.32. The molecule has 0 aliphatic heterocycles. The Kier molecular flexibility index (Phi) is 7.77. The quantitative estimate of drug-likeness (QED) is 0.491. The van der Waals surface area contributed by atoms with Crippen molar-refractivity contribution in [2.75, 3.05) is 6.54 Å². The van der Waals surface area contributed by atoms with Crippen molar-refractivity contribution in [3.05, 3.63) is 102 Å². The van der Waals surface area contributed by atoms with E-state index in [-0.39, 0.29) is 18.9 Å². The van der Waals surface area contributed by atoms with Gasteiger partial charge in [0.1, 0.15) is 12.4 Å². The topological polar surface area (TPSA) is 96.5 Å². The number of rotatable bonds is 8. The smallest absolute Gasteiger partial charge is 0.269 e. The van der Waals surface area contributed by atoms with Crippen molar-refractivity contribution in [3.8, 4) is 5.75 Å². The summed E-state index contributed by atoms with van der Waals surface area (Å²) in [5.74, 6) is -0.494. The number of hydrogen-bond acceptors (Lipinski definition) is 4. The summed E-state index contributed by atoms with van der Waals surface area (Å²) in [6.07, 6.45) is 0.181. The first-order valence-corrected chi connectivity index (χ1v) is 9.77. The van der Waals surface area contributed by atoms with Crippen molar-refractivity contribution in [3.63, 3.8) is 0 Å². The molecule has 0 aliphatic rings. The van der Waals surface area contributed by atoms with Crippen LogP contribution in [0.5, 0.6) is 5.75 Å². The summed E-state index contributed by atoms with van der Waals surface area (Å²) in [6, 6.07) is 25.5. The molecule has 31 heavy (non-hydrogen) atoms. The van der Waals surface area contributed by atoms with E-state index in [1.54, 1.807) is 24.3 Å². The van der Waals surface area contributed by atoms with E-state index in [1.165, 1.54) is 0 Å². The van der Waals surface area contributed by atoms with Crippen molar-refractivity contribution in [1.29, 1.82) is 0 Å². The number of benzene rings is 3. The van der Waals surface area contributed by atoms with Crippen molar-refractivity contribution in [2.45, 2.75) is 13.0 Å². The Bertz CT molecular complexity index is 1010. The zero-order valence-electron chi connectivity index (χ0n) is 16.8. The van der Waals surface area contributed by atoms with Crippen LogP contribution in [0, 0.1) is 0 Å². The van der Waals surface area contributed by atoms with E-state index in [0.717, 1.165) is 16.9 Å². The van der Waals surface area contributed by atoms with E-state index in [0.29, 0.717) is 12.2 Å². The lowest BCUT2D eigenvalue weighted by Crippen LogP contribution is -2.46. The number of carbonyl (C=O) groups is 3. The number of hydrazine groups is 1. The molecule has 0 unspecified atom stereocenters. The second-order valence-corrected chi connectivity index (χ2v) is 6.74. The Morgan fingerprint density at radius 3 is 2.00 bits per heavy atom. The Morgan fingerprint density at radius 1 is 0.677 bits per heavy atom. The van der Waals surface area contributed by atoms with E-state index in [2.05, 4.69) is 16.2 Å². The van der Waals surface area contributed by atoms with Gasteiger partial charge in [0.25, 0.3) is 11.8 Å². The monoisotopic (exact) mass is 417 g/mol. The van der Waals surface area contributed by atoms with Gasteiger partial charge in [-0.25, -0.2) is 0 Å². The number of ether oxygens (including phenoxy) is 1. The van der Waals surface area contributed by atoms with Gasteiger partial charge in [-0.2, -0.15) is 0 Å². The summed E-state index contributed by atoms with van der Waals surface area (Å²) in [7, 11) is 0. The van der Waals surface area contributed by atoms with E-state index in [9.17, 15) is 14.4 Å². The first-order valence-electron chi connectivity index (χ1n) is 9.77. The van der Waals surface area contributed by atoms with Gasteiger partial charge in [-0.3, -0.25) is 25.2 Å². The van der Waals surface area contributed by atoms with Crippen LogP contribution in [0.4, 0.5) is 0 Å². The van der Waals surface area contributed by atoms with Crippen molar-refractivity contribution in [1.82, 2.24) is 16.2 Å². The molecule has 7 nitrogen and oxygen atoms in total. The van der Waals surface area contributed by atoms with Gasteiger partial charge in [-0.05, 0) is 35.4 Å². The number of amides is 3. The maximum atomic E-state index is 12.2. The Labute approximate surface area is 180 Å². The van der Waals surface area contributed by atoms with Gasteiger partial charge in [-0.1, -0.05) is 60.7 Å². The van der Waals surface area contributed by atoms with Crippen LogP contribution in [-0.4, -0.2) is 24.3 Å². The third-order valence-corrected chi connectivity index (χ3v) is 4.33. The molecule has 3 aromatic rings. The van der Waals surface area contributed by atoms with Crippen LogP contribution < -0.4 is 20.9 Å². The lowest BCUT2D eigenvalue weighted by atomic mass is 10.1. The number of para-hydroxylation sites is 1. The molecule has 0 aromatic heterocycles. The maximum absolute atomic E-state index is 12.2. The second kappa shape index (κ2) is 11.2. The van der Waals surface area contributed by atoms with Crippen LogP contribution in [0.25, 0.3) is 0 Å². The van der Waals surface area contributed by atoms with Crippen molar-refractivity contribution < 1.29 is 19.1 Å². The average Bonchev–Trinajstić information content (AvgIpc) is 2.81. The van der Waals surface area contributed by atoms with Gasteiger partial charge in [0.15, 0.2) is 0 Å². The SMILES string of the molecule is O=C(Cc1ccccc1)NCC(=O)NNC(=O)c1ccc(COc2ccccc2)cc1. The Morgan fingerprint density at radius 2 is 1.32 bits per heavy atom. The van der Waals surface area contributed by atoms with Crippen LogP contribution in [0.1, 0.15) is 21.5 Å². The average molecular weight is 417 g/mol. The molecule has 3 aromatic carbocycles. The van der Waals surface area contributed by atoms with Gasteiger partial charge in [0, 0.05) is 5.56 Å². The van der Waals surface area contributed by atoms with Crippen LogP contribution in [0.2, 0.25) is 0 Å². The molecule has 0 heterocycles. The van der Waals surface area contributed by atoms with Crippen LogP contribution in [0.15, 0.2) is 84.9 Å². The highest BCUT2D eigenvalue weighted by atomic mass is 16.5. The minimum Gasteiger partial charge on any atom is -0.489 e. The van der Waals surface area contributed by atoms with Gasteiger partial charge in [0.2, 0.25) is 5.91 Å². The fourth-order valence-electron chi connectivity index (χ4n) is 2.70. The fourth-order valence-corrected chi connectivity index (χ4v) is 2.70. The lowest BCUT2D eigenvalue weighted by Gasteiger charge is -2.09. The summed E-state index contributed by atoms with van der Waals surface area (Å²) < 4.78 is 5.66. The molecule has 0 radical (unpaired) electrons. The first kappa shape index (κ1) is 21.6. The van der Waals surface area contributed by atoms with E-state index >= 15 is 0 Å². The highest BCUT2D eigenvalue weighted by Crippen LogP contribution is 2.12. The molecular formula is C24H23N3O4. The predicted octanol–water partition coefficient (Wildman–Crippen LogP) is 2.39. The molecule has 0 saturated heterocycles. The van der Waals surface area contributed by atoms with E-state index < -0.39 is 11.8 Å². The van der Waals surface area contributed by atoms with Crippen LogP contribution >= 0.6 is 0 Å². The van der Waals surface area contributed by atoms with Crippen LogP contribution in [0.3, 0.4) is 0 Å². The molecule has 0 atom stereocenters. The van der Waals surface area contributed by atoms with E-state index in [1.807, 2.05) is 60.7 Å². The molecule has 0 bridgehead atoms. The Balaban J connectivity index is 1.37. The molecular weight excluding hydrogens is 394 g/mol. The molecule has 0 aliphatic carbocycles. The largest absolute Gasteiger partial charge is 0.489 e. The van der Waals surface area contributed by atoms with Crippen molar-refractivity contribution >= 4 is 17.7 Å². The summed E-state index contributed by atoms with van der Waals surface area (Å²) in [4.78, 5) is 35.9. The van der Waals surface area contributed by atoms with Gasteiger partial charge in [0.05, 0.1) is 13.0 Å². The summed E-state index contributed by atoms with van der Waals surface area (Å²) in [5.41, 5.74) is 6.76. The first-order chi connectivity index (χ1) is 15.1. The van der Waals surface area contributed by atoms with Gasteiger partial charge in [-0.15, -0.1) is 0 Å². The second-order valence-electron chi connectivity index (χ2n) is 6.74. The standard InChI is InChI=1S/C24H23N3O4/c28-22(15-18-7-3-1-4-8-18)25-16-23(29)26-27-24(30)20-13-11-19(12-14-20)17-31-21-9-5-2-6-10-21/h1-14H,15-17H2,(H,25,28)(H,26,29)(H,27,30). The molecule has 0 fully saturated rings. The maximum Gasteiger partial charge on any atom is 0.269 e. The molecule has 0 saturated carbocycles. The zero-order chi connectivity index (χ0) is 21.9.